The van der Waals surface area contributed by atoms with Gasteiger partial charge in [0.25, 0.3) is 0 Å². The van der Waals surface area contributed by atoms with Gasteiger partial charge < -0.3 is 5.32 Å². The van der Waals surface area contributed by atoms with Crippen LogP contribution in [0.4, 0.5) is 5.82 Å². The summed E-state index contributed by atoms with van der Waals surface area (Å²) >= 11 is 8.02. The van der Waals surface area contributed by atoms with E-state index in [9.17, 15) is 0 Å². The van der Waals surface area contributed by atoms with Crippen LogP contribution in [0.15, 0.2) is 24.5 Å². The van der Waals surface area contributed by atoms with Crippen LogP contribution in [0.5, 0.6) is 0 Å². The summed E-state index contributed by atoms with van der Waals surface area (Å²) in [5.74, 6) is 1.45. The molecule has 0 unspecified atom stereocenters. The molecule has 0 fully saturated rings. The van der Waals surface area contributed by atoms with E-state index in [-0.39, 0.29) is 0 Å². The standard InChI is InChI=1S/C12H12ClIN4/c1-2-5-15-11-9(14)7-17-12(18-11)10-4-3-8(13)6-16-10/h3-4,6-7H,2,5H2,1H3,(H,15,17,18). The number of nitrogens with zero attached hydrogens (tertiary/aromatic N) is 3. The molecule has 0 radical (unpaired) electrons. The molecule has 6 heteroatoms. The highest BCUT2D eigenvalue weighted by Gasteiger charge is 2.07. The molecule has 0 amide bonds. The van der Waals surface area contributed by atoms with Crippen LogP contribution in [-0.4, -0.2) is 21.5 Å². The van der Waals surface area contributed by atoms with E-state index in [0.29, 0.717) is 10.8 Å². The Balaban J connectivity index is 2.31. The fourth-order valence-corrected chi connectivity index (χ4v) is 1.93. The van der Waals surface area contributed by atoms with Crippen LogP contribution in [0, 0.1) is 3.57 Å². The van der Waals surface area contributed by atoms with Crippen molar-refractivity contribution in [3.05, 3.63) is 33.1 Å². The van der Waals surface area contributed by atoms with E-state index >= 15 is 0 Å². The van der Waals surface area contributed by atoms with Gasteiger partial charge in [0.05, 0.1) is 8.59 Å². The summed E-state index contributed by atoms with van der Waals surface area (Å²) in [5, 5.41) is 3.88. The lowest BCUT2D eigenvalue weighted by Crippen LogP contribution is -2.05. The van der Waals surface area contributed by atoms with E-state index in [1.165, 1.54) is 0 Å². The van der Waals surface area contributed by atoms with Gasteiger partial charge in [-0.1, -0.05) is 18.5 Å². The molecule has 94 valence electrons. The van der Waals surface area contributed by atoms with E-state index in [4.69, 9.17) is 11.6 Å². The number of hydrogen-bond acceptors (Lipinski definition) is 4. The minimum atomic E-state index is 0.602. The van der Waals surface area contributed by atoms with Gasteiger partial charge in [0.15, 0.2) is 5.82 Å². The molecule has 0 saturated carbocycles. The lowest BCUT2D eigenvalue weighted by Gasteiger charge is -2.07. The van der Waals surface area contributed by atoms with Crippen molar-refractivity contribution in [1.29, 1.82) is 0 Å². The maximum absolute atomic E-state index is 5.81. The molecule has 1 N–H and O–H groups in total. The summed E-state index contributed by atoms with van der Waals surface area (Å²) in [4.78, 5) is 13.0. The van der Waals surface area contributed by atoms with Gasteiger partial charge >= 0.3 is 0 Å². The van der Waals surface area contributed by atoms with E-state index in [2.05, 4.69) is 49.8 Å². The molecular formula is C12H12ClIN4. The van der Waals surface area contributed by atoms with Gasteiger partial charge in [0, 0.05) is 18.9 Å². The largest absolute Gasteiger partial charge is 0.369 e. The number of rotatable bonds is 4. The molecule has 0 aliphatic heterocycles. The fourth-order valence-electron chi connectivity index (χ4n) is 1.37. The first-order valence-electron chi connectivity index (χ1n) is 5.59. The van der Waals surface area contributed by atoms with Gasteiger partial charge in [-0.3, -0.25) is 4.98 Å². The van der Waals surface area contributed by atoms with Crippen molar-refractivity contribution in [2.45, 2.75) is 13.3 Å². The number of aromatic nitrogens is 3. The molecule has 0 bridgehead atoms. The molecule has 2 rings (SSSR count). The Kier molecular flexibility index (Phi) is 4.71. The summed E-state index contributed by atoms with van der Waals surface area (Å²) < 4.78 is 0.999. The van der Waals surface area contributed by atoms with Crippen LogP contribution in [0.25, 0.3) is 11.5 Å². The predicted octanol–water partition coefficient (Wildman–Crippen LogP) is 3.62. The van der Waals surface area contributed by atoms with Gasteiger partial charge in [0.1, 0.15) is 11.5 Å². The minimum absolute atomic E-state index is 0.602. The molecule has 0 aliphatic rings. The zero-order valence-electron chi connectivity index (χ0n) is 9.82. The average Bonchev–Trinajstić information content (AvgIpc) is 2.39. The van der Waals surface area contributed by atoms with E-state index in [1.807, 2.05) is 6.07 Å². The summed E-state index contributed by atoms with van der Waals surface area (Å²) in [5.41, 5.74) is 0.718. The smallest absolute Gasteiger partial charge is 0.180 e. The Morgan fingerprint density at radius 1 is 1.28 bits per heavy atom. The third kappa shape index (κ3) is 3.29. The lowest BCUT2D eigenvalue weighted by molar-refractivity contribution is 0.962. The van der Waals surface area contributed by atoms with Gasteiger partial charge in [0.2, 0.25) is 0 Å². The van der Waals surface area contributed by atoms with Gasteiger partial charge in [-0.25, -0.2) is 9.97 Å². The van der Waals surface area contributed by atoms with Crippen LogP contribution < -0.4 is 5.32 Å². The molecule has 2 aromatic heterocycles. The van der Waals surface area contributed by atoms with E-state index in [1.54, 1.807) is 18.5 Å². The monoisotopic (exact) mass is 374 g/mol. The molecule has 18 heavy (non-hydrogen) atoms. The summed E-state index contributed by atoms with van der Waals surface area (Å²) in [6, 6.07) is 3.60. The molecule has 2 heterocycles. The Labute approximate surface area is 124 Å². The third-order valence-corrected chi connectivity index (χ3v) is 3.26. The van der Waals surface area contributed by atoms with E-state index < -0.39 is 0 Å². The zero-order chi connectivity index (χ0) is 13.0. The molecule has 0 aromatic carbocycles. The molecule has 2 aromatic rings. The van der Waals surface area contributed by atoms with Crippen LogP contribution in [-0.2, 0) is 0 Å². The van der Waals surface area contributed by atoms with Crippen molar-refractivity contribution in [1.82, 2.24) is 15.0 Å². The van der Waals surface area contributed by atoms with Crippen molar-refractivity contribution >= 4 is 40.0 Å². The second-order valence-electron chi connectivity index (χ2n) is 3.68. The van der Waals surface area contributed by atoms with Crippen molar-refractivity contribution < 1.29 is 0 Å². The fraction of sp³-hybridized carbons (Fsp3) is 0.250. The van der Waals surface area contributed by atoms with Crippen LogP contribution >= 0.6 is 34.2 Å². The summed E-state index contributed by atoms with van der Waals surface area (Å²) in [6.07, 6.45) is 4.43. The number of hydrogen-bond donors (Lipinski definition) is 1. The molecule has 4 nitrogen and oxygen atoms in total. The Hall–Kier alpha value is -0.950. The number of halogens is 2. The Morgan fingerprint density at radius 3 is 2.78 bits per heavy atom. The van der Waals surface area contributed by atoms with Crippen LogP contribution in [0.1, 0.15) is 13.3 Å². The first-order chi connectivity index (χ1) is 8.70. The molecule has 0 saturated heterocycles. The topological polar surface area (TPSA) is 50.7 Å². The summed E-state index contributed by atoms with van der Waals surface area (Å²) in [7, 11) is 0. The first kappa shape index (κ1) is 13.5. The van der Waals surface area contributed by atoms with Gasteiger partial charge in [-0.05, 0) is 41.1 Å². The highest BCUT2D eigenvalue weighted by atomic mass is 127. The molecule has 0 atom stereocenters. The first-order valence-corrected chi connectivity index (χ1v) is 7.04. The Morgan fingerprint density at radius 2 is 2.11 bits per heavy atom. The highest BCUT2D eigenvalue weighted by molar-refractivity contribution is 14.1. The van der Waals surface area contributed by atoms with Crippen molar-refractivity contribution in [3.63, 3.8) is 0 Å². The normalized spacial score (nSPS) is 10.4. The maximum Gasteiger partial charge on any atom is 0.180 e. The SMILES string of the molecule is CCCNc1nc(-c2ccc(Cl)cn2)ncc1I. The number of anilines is 1. The zero-order valence-corrected chi connectivity index (χ0v) is 12.7. The van der Waals surface area contributed by atoms with Gasteiger partial charge in [-0.2, -0.15) is 0 Å². The van der Waals surface area contributed by atoms with Crippen molar-refractivity contribution in [3.8, 4) is 11.5 Å². The van der Waals surface area contributed by atoms with Crippen molar-refractivity contribution in [2.24, 2.45) is 0 Å². The minimum Gasteiger partial charge on any atom is -0.369 e. The predicted molar refractivity (Wildman–Crippen MR) is 81.8 cm³/mol. The summed E-state index contributed by atoms with van der Waals surface area (Å²) in [6.45, 7) is 3.00. The third-order valence-electron chi connectivity index (χ3n) is 2.24. The molecule has 0 spiro atoms. The van der Waals surface area contributed by atoms with Crippen LogP contribution in [0.3, 0.4) is 0 Å². The average molecular weight is 375 g/mol. The second-order valence-corrected chi connectivity index (χ2v) is 5.28. The van der Waals surface area contributed by atoms with Crippen molar-refractivity contribution in [2.75, 3.05) is 11.9 Å². The number of nitrogens with one attached hydrogen (secondary N) is 1. The lowest BCUT2D eigenvalue weighted by atomic mass is 10.3. The molecular weight excluding hydrogens is 363 g/mol. The van der Waals surface area contributed by atoms with E-state index in [0.717, 1.165) is 28.0 Å². The Bertz CT molecular complexity index is 530. The maximum atomic E-state index is 5.81. The highest BCUT2D eigenvalue weighted by Crippen LogP contribution is 2.20. The quantitative estimate of drug-likeness (QED) is 0.831. The van der Waals surface area contributed by atoms with Crippen LogP contribution in [0.2, 0.25) is 5.02 Å². The van der Waals surface area contributed by atoms with Gasteiger partial charge in [-0.15, -0.1) is 0 Å². The second kappa shape index (κ2) is 6.29. The number of pyridine rings is 1. The molecule has 0 aliphatic carbocycles.